The zero-order valence-corrected chi connectivity index (χ0v) is 25.1. The van der Waals surface area contributed by atoms with Crippen LogP contribution in [0.5, 0.6) is 11.5 Å². The second-order valence-corrected chi connectivity index (χ2v) is 11.6. The van der Waals surface area contributed by atoms with Gasteiger partial charge in [0.05, 0.1) is 34.0 Å². The van der Waals surface area contributed by atoms with E-state index < -0.39 is 24.6 Å². The highest BCUT2D eigenvalue weighted by Gasteiger charge is 2.51. The highest BCUT2D eigenvalue weighted by atomic mass is 32.2. The number of rotatable bonds is 11. The van der Waals surface area contributed by atoms with Gasteiger partial charge in [-0.2, -0.15) is 0 Å². The van der Waals surface area contributed by atoms with Crippen LogP contribution in [0.3, 0.4) is 0 Å². The Hall–Kier alpha value is -3.37. The first kappa shape index (κ1) is 29.7. The van der Waals surface area contributed by atoms with Crippen LogP contribution in [0, 0.1) is 0 Å². The molecule has 0 N–H and O–H groups in total. The molecule has 0 spiro atoms. The van der Waals surface area contributed by atoms with E-state index in [2.05, 4.69) is 12.1 Å². The molecule has 0 aliphatic carbocycles. The first-order valence-electron chi connectivity index (χ1n) is 14.4. The summed E-state index contributed by atoms with van der Waals surface area (Å²) in [5.41, 5.74) is 2.64. The van der Waals surface area contributed by atoms with E-state index in [0.29, 0.717) is 19.8 Å². The van der Waals surface area contributed by atoms with Gasteiger partial charge >= 0.3 is 0 Å². The largest absolute Gasteiger partial charge is 0.497 e. The van der Waals surface area contributed by atoms with Crippen molar-refractivity contribution in [2.24, 2.45) is 0 Å². The number of benzene rings is 4. The van der Waals surface area contributed by atoms with Crippen LogP contribution in [0.15, 0.2) is 114 Å². The lowest BCUT2D eigenvalue weighted by molar-refractivity contribution is -0.329. The molecule has 8 heteroatoms. The molecule has 2 heterocycles. The molecule has 4 aromatic rings. The molecule has 0 radical (unpaired) electrons. The molecule has 6 unspecified atom stereocenters. The molecular weight excluding hydrogens is 564 g/mol. The number of methoxy groups -OCH3 is 2. The number of thioether (sulfide) groups is 1. The van der Waals surface area contributed by atoms with Crippen molar-refractivity contribution in [2.75, 3.05) is 20.8 Å². The van der Waals surface area contributed by atoms with Gasteiger partial charge in [0.15, 0.2) is 6.29 Å². The van der Waals surface area contributed by atoms with Gasteiger partial charge in [0.2, 0.25) is 0 Å². The quantitative estimate of drug-likeness (QED) is 0.186. The van der Waals surface area contributed by atoms with Gasteiger partial charge in [-0.1, -0.05) is 84.6 Å². The lowest BCUT2D eigenvalue weighted by atomic mass is 9.98. The lowest BCUT2D eigenvalue weighted by Crippen LogP contribution is -2.62. The summed E-state index contributed by atoms with van der Waals surface area (Å²) in [6.45, 7) is 1.13. The topological polar surface area (TPSA) is 64.6 Å². The molecule has 2 saturated heterocycles. The Morgan fingerprint density at radius 3 is 1.79 bits per heavy atom. The van der Waals surface area contributed by atoms with Gasteiger partial charge in [-0.05, 0) is 47.5 Å². The average Bonchev–Trinajstić information content (AvgIpc) is 3.07. The molecule has 224 valence electrons. The smallest absolute Gasteiger partial charge is 0.184 e. The lowest BCUT2D eigenvalue weighted by Gasteiger charge is -2.49. The van der Waals surface area contributed by atoms with Crippen LogP contribution in [0.2, 0.25) is 0 Å². The van der Waals surface area contributed by atoms with Gasteiger partial charge in [-0.15, -0.1) is 0 Å². The fourth-order valence-corrected chi connectivity index (χ4v) is 6.40. The predicted molar refractivity (Wildman–Crippen MR) is 164 cm³/mol. The van der Waals surface area contributed by atoms with Crippen molar-refractivity contribution >= 4 is 11.8 Å². The molecule has 0 bridgehead atoms. The average molecular weight is 601 g/mol. The number of ether oxygens (including phenoxy) is 7. The summed E-state index contributed by atoms with van der Waals surface area (Å²) in [5.74, 6) is 1.60. The molecular formula is C35H36O7S. The van der Waals surface area contributed by atoms with Gasteiger partial charge in [0.25, 0.3) is 0 Å². The van der Waals surface area contributed by atoms with Gasteiger partial charge < -0.3 is 33.2 Å². The second kappa shape index (κ2) is 14.4. The van der Waals surface area contributed by atoms with Crippen molar-refractivity contribution in [1.82, 2.24) is 0 Å². The third kappa shape index (κ3) is 7.41. The van der Waals surface area contributed by atoms with Crippen molar-refractivity contribution in [3.8, 4) is 11.5 Å². The van der Waals surface area contributed by atoms with Gasteiger partial charge in [-0.25, -0.2) is 0 Å². The molecule has 6 rings (SSSR count). The van der Waals surface area contributed by atoms with E-state index in [-0.39, 0.29) is 11.5 Å². The Morgan fingerprint density at radius 1 is 0.651 bits per heavy atom. The van der Waals surface area contributed by atoms with Crippen LogP contribution in [0.4, 0.5) is 0 Å². The maximum absolute atomic E-state index is 6.74. The minimum absolute atomic E-state index is 0.331. The van der Waals surface area contributed by atoms with Crippen LogP contribution in [-0.4, -0.2) is 50.7 Å². The van der Waals surface area contributed by atoms with E-state index in [1.54, 1.807) is 26.0 Å². The monoisotopic (exact) mass is 600 g/mol. The normalized spacial score (nSPS) is 25.1. The van der Waals surface area contributed by atoms with E-state index in [0.717, 1.165) is 33.1 Å². The molecule has 43 heavy (non-hydrogen) atoms. The van der Waals surface area contributed by atoms with Crippen molar-refractivity contribution in [3.63, 3.8) is 0 Å². The van der Waals surface area contributed by atoms with E-state index in [1.165, 1.54) is 0 Å². The third-order valence-electron chi connectivity index (χ3n) is 7.55. The molecule has 0 saturated carbocycles. The maximum Gasteiger partial charge on any atom is 0.184 e. The predicted octanol–water partition coefficient (Wildman–Crippen LogP) is 6.81. The molecule has 2 aliphatic rings. The molecule has 4 aromatic carbocycles. The number of hydrogen-bond acceptors (Lipinski definition) is 8. The molecule has 2 aliphatic heterocycles. The van der Waals surface area contributed by atoms with Gasteiger partial charge in [0, 0.05) is 10.5 Å². The van der Waals surface area contributed by atoms with E-state index in [9.17, 15) is 0 Å². The standard InChI is InChI=1S/C35H36O7S/c1-36-27-17-13-24(14-18-27)21-38-32-31-30(23-40-34(42-31)26-9-5-3-6-10-26)41-35(43-29-11-7-4-8-12-29)33(32)39-22-25-15-19-28(37-2)20-16-25/h3-20,30-35H,21-23H2,1-2H3. The molecule has 0 aromatic heterocycles. The Morgan fingerprint density at radius 2 is 1.21 bits per heavy atom. The summed E-state index contributed by atoms with van der Waals surface area (Å²) >= 11 is 1.62. The Labute approximate surface area is 257 Å². The fourth-order valence-electron chi connectivity index (χ4n) is 5.25. The first-order valence-corrected chi connectivity index (χ1v) is 15.3. The van der Waals surface area contributed by atoms with Gasteiger partial charge in [-0.3, -0.25) is 0 Å². The molecule has 6 atom stereocenters. The van der Waals surface area contributed by atoms with Crippen molar-refractivity contribution in [2.45, 2.75) is 54.3 Å². The minimum atomic E-state index is -0.529. The highest BCUT2D eigenvalue weighted by Crippen LogP contribution is 2.41. The fraction of sp³-hybridized carbons (Fsp3) is 0.314. The summed E-state index contributed by atoms with van der Waals surface area (Å²) in [4.78, 5) is 1.08. The highest BCUT2D eigenvalue weighted by molar-refractivity contribution is 7.99. The van der Waals surface area contributed by atoms with Crippen molar-refractivity contribution in [3.05, 3.63) is 126 Å². The van der Waals surface area contributed by atoms with Crippen molar-refractivity contribution < 1.29 is 33.2 Å². The minimum Gasteiger partial charge on any atom is -0.497 e. The zero-order valence-electron chi connectivity index (χ0n) is 24.2. The summed E-state index contributed by atoms with van der Waals surface area (Å²) in [7, 11) is 3.32. The van der Waals surface area contributed by atoms with Crippen LogP contribution >= 0.6 is 11.8 Å². The number of fused-ring (bicyclic) bond motifs is 1. The van der Waals surface area contributed by atoms with E-state index in [4.69, 9.17) is 33.2 Å². The number of hydrogen-bond donors (Lipinski definition) is 0. The Bertz CT molecular complexity index is 1400. The van der Waals surface area contributed by atoms with E-state index in [1.807, 2.05) is 97.1 Å². The molecule has 0 amide bonds. The second-order valence-electron chi connectivity index (χ2n) is 10.4. The molecule has 7 nitrogen and oxygen atoms in total. The first-order chi connectivity index (χ1) is 21.2. The summed E-state index contributed by atoms with van der Waals surface area (Å²) in [6.07, 6.45) is -2.15. The van der Waals surface area contributed by atoms with Crippen LogP contribution in [0.25, 0.3) is 0 Å². The third-order valence-corrected chi connectivity index (χ3v) is 8.71. The summed E-state index contributed by atoms with van der Waals surface area (Å²) in [5, 5.41) is 0. The van der Waals surface area contributed by atoms with Crippen LogP contribution < -0.4 is 9.47 Å². The van der Waals surface area contributed by atoms with Gasteiger partial charge in [0.1, 0.15) is 41.4 Å². The van der Waals surface area contributed by atoms with Crippen LogP contribution in [-0.2, 0) is 36.9 Å². The summed E-state index contributed by atoms with van der Waals surface area (Å²) in [6, 6.07) is 36.0. The van der Waals surface area contributed by atoms with E-state index >= 15 is 0 Å². The molecule has 2 fully saturated rings. The maximum atomic E-state index is 6.74. The zero-order chi connectivity index (χ0) is 29.4. The SMILES string of the molecule is COc1ccc(COC2C(Sc3ccccc3)OC3COC(c4ccccc4)OC3C2OCc2ccc(OC)cc2)cc1. The summed E-state index contributed by atoms with van der Waals surface area (Å²) < 4.78 is 43.6. The Kier molecular flexibility index (Phi) is 9.94. The van der Waals surface area contributed by atoms with Crippen molar-refractivity contribution in [1.29, 1.82) is 0 Å². The van der Waals surface area contributed by atoms with Crippen LogP contribution in [0.1, 0.15) is 23.0 Å². The Balaban J connectivity index is 1.29.